The number of carboxylic acid groups (broad SMARTS) is 1. The summed E-state index contributed by atoms with van der Waals surface area (Å²) in [5.41, 5.74) is -1.06. The SMILES string of the molecule is CC(C)(CNc1ccc(S(N)(=O)=O)cc1F)C(=O)O. The first-order chi connectivity index (χ1) is 8.54. The number of sulfonamides is 1. The Labute approximate surface area is 110 Å². The van der Waals surface area contributed by atoms with Crippen molar-refractivity contribution in [3.05, 3.63) is 24.0 Å². The zero-order valence-electron chi connectivity index (χ0n) is 10.5. The molecule has 0 aliphatic rings. The molecule has 0 spiro atoms. The molecule has 106 valence electrons. The van der Waals surface area contributed by atoms with Crippen molar-refractivity contribution in [2.75, 3.05) is 11.9 Å². The van der Waals surface area contributed by atoms with Gasteiger partial charge in [-0.2, -0.15) is 0 Å². The van der Waals surface area contributed by atoms with Crippen molar-refractivity contribution in [2.45, 2.75) is 18.7 Å². The van der Waals surface area contributed by atoms with Gasteiger partial charge < -0.3 is 10.4 Å². The normalized spacial score (nSPS) is 12.2. The molecule has 0 unspecified atom stereocenters. The zero-order valence-corrected chi connectivity index (χ0v) is 11.3. The number of aliphatic carboxylic acids is 1. The summed E-state index contributed by atoms with van der Waals surface area (Å²) in [6.45, 7) is 2.96. The van der Waals surface area contributed by atoms with Gasteiger partial charge >= 0.3 is 5.97 Å². The summed E-state index contributed by atoms with van der Waals surface area (Å²) in [4.78, 5) is 10.5. The minimum Gasteiger partial charge on any atom is -0.481 e. The lowest BCUT2D eigenvalue weighted by molar-refractivity contribution is -0.146. The number of benzene rings is 1. The van der Waals surface area contributed by atoms with Crippen molar-refractivity contribution in [3.63, 3.8) is 0 Å². The maximum atomic E-state index is 13.6. The summed E-state index contributed by atoms with van der Waals surface area (Å²) in [5.74, 6) is -1.84. The van der Waals surface area contributed by atoms with Crippen LogP contribution >= 0.6 is 0 Å². The summed E-state index contributed by atoms with van der Waals surface area (Å²) in [6, 6.07) is 3.13. The third-order valence-corrected chi connectivity index (χ3v) is 3.48. The van der Waals surface area contributed by atoms with Crippen molar-refractivity contribution in [1.82, 2.24) is 0 Å². The molecule has 1 rings (SSSR count). The van der Waals surface area contributed by atoms with Crippen LogP contribution in [-0.2, 0) is 14.8 Å². The number of hydrogen-bond acceptors (Lipinski definition) is 4. The number of anilines is 1. The highest BCUT2D eigenvalue weighted by Gasteiger charge is 2.27. The molecule has 0 heterocycles. The van der Waals surface area contributed by atoms with Crippen LogP contribution in [0.1, 0.15) is 13.8 Å². The van der Waals surface area contributed by atoms with Crippen LogP contribution in [0, 0.1) is 11.2 Å². The average molecular weight is 290 g/mol. The Balaban J connectivity index is 2.91. The number of rotatable bonds is 5. The van der Waals surface area contributed by atoms with Gasteiger partial charge in [-0.25, -0.2) is 17.9 Å². The van der Waals surface area contributed by atoms with E-state index in [1.54, 1.807) is 0 Å². The molecule has 0 bridgehead atoms. The Morgan fingerprint density at radius 3 is 2.47 bits per heavy atom. The third kappa shape index (κ3) is 3.90. The lowest BCUT2D eigenvalue weighted by Gasteiger charge is -2.20. The van der Waals surface area contributed by atoms with Crippen LogP contribution in [0.25, 0.3) is 0 Å². The molecule has 1 aromatic rings. The van der Waals surface area contributed by atoms with Crippen LogP contribution in [0.5, 0.6) is 0 Å². The van der Waals surface area contributed by atoms with Crippen LogP contribution < -0.4 is 10.5 Å². The van der Waals surface area contributed by atoms with Crippen molar-refractivity contribution in [2.24, 2.45) is 10.6 Å². The first-order valence-corrected chi connectivity index (χ1v) is 6.88. The van der Waals surface area contributed by atoms with Crippen LogP contribution in [0.4, 0.5) is 10.1 Å². The fourth-order valence-corrected chi connectivity index (χ4v) is 1.73. The fraction of sp³-hybridized carbons (Fsp3) is 0.364. The first-order valence-electron chi connectivity index (χ1n) is 5.34. The van der Waals surface area contributed by atoms with E-state index in [9.17, 15) is 17.6 Å². The topological polar surface area (TPSA) is 109 Å². The number of nitrogens with two attached hydrogens (primary N) is 1. The molecular weight excluding hydrogens is 275 g/mol. The predicted molar refractivity (Wildman–Crippen MR) is 67.7 cm³/mol. The van der Waals surface area contributed by atoms with Gasteiger partial charge in [0.15, 0.2) is 0 Å². The molecule has 6 nitrogen and oxygen atoms in total. The maximum absolute atomic E-state index is 13.6. The highest BCUT2D eigenvalue weighted by molar-refractivity contribution is 7.89. The quantitative estimate of drug-likeness (QED) is 0.749. The van der Waals surface area contributed by atoms with Crippen LogP contribution in [-0.4, -0.2) is 26.0 Å². The maximum Gasteiger partial charge on any atom is 0.310 e. The second kappa shape index (κ2) is 5.14. The second-order valence-electron chi connectivity index (χ2n) is 4.73. The molecule has 4 N–H and O–H groups in total. The molecule has 0 amide bonds. The minimum atomic E-state index is -3.96. The van der Waals surface area contributed by atoms with Gasteiger partial charge in [0.1, 0.15) is 5.82 Å². The summed E-state index contributed by atoms with van der Waals surface area (Å²) in [7, 11) is -3.96. The molecule has 0 aliphatic carbocycles. The minimum absolute atomic E-state index is 0.00598. The Morgan fingerprint density at radius 1 is 1.47 bits per heavy atom. The van der Waals surface area contributed by atoms with Gasteiger partial charge in [-0.3, -0.25) is 4.79 Å². The van der Waals surface area contributed by atoms with E-state index >= 15 is 0 Å². The van der Waals surface area contributed by atoms with E-state index in [0.717, 1.165) is 12.1 Å². The smallest absolute Gasteiger partial charge is 0.310 e. The molecule has 0 aromatic heterocycles. The summed E-state index contributed by atoms with van der Waals surface area (Å²) >= 11 is 0. The first kappa shape index (κ1) is 15.4. The third-order valence-electron chi connectivity index (χ3n) is 2.57. The van der Waals surface area contributed by atoms with E-state index < -0.39 is 27.2 Å². The van der Waals surface area contributed by atoms with Gasteiger partial charge in [0.2, 0.25) is 10.0 Å². The Hall–Kier alpha value is -1.67. The molecule has 8 heteroatoms. The molecule has 0 radical (unpaired) electrons. The monoisotopic (exact) mass is 290 g/mol. The molecule has 0 saturated heterocycles. The Morgan fingerprint density at radius 2 is 2.05 bits per heavy atom. The number of carboxylic acids is 1. The van der Waals surface area contributed by atoms with Gasteiger partial charge in [0.05, 0.1) is 16.0 Å². The van der Waals surface area contributed by atoms with Gasteiger partial charge in [-0.15, -0.1) is 0 Å². The largest absolute Gasteiger partial charge is 0.481 e. The number of nitrogens with one attached hydrogen (secondary N) is 1. The van der Waals surface area contributed by atoms with E-state index in [1.165, 1.54) is 19.9 Å². The molecular formula is C11H15FN2O4S. The van der Waals surface area contributed by atoms with E-state index in [1.807, 2.05) is 0 Å². The molecule has 0 fully saturated rings. The zero-order chi connectivity index (χ0) is 14.8. The van der Waals surface area contributed by atoms with Gasteiger partial charge in [0, 0.05) is 6.54 Å². The molecule has 0 aliphatic heterocycles. The highest BCUT2D eigenvalue weighted by Crippen LogP contribution is 2.21. The van der Waals surface area contributed by atoms with Gasteiger partial charge in [0.25, 0.3) is 0 Å². The summed E-state index contributed by atoms with van der Waals surface area (Å²) in [6.07, 6.45) is 0. The van der Waals surface area contributed by atoms with E-state index in [-0.39, 0.29) is 17.1 Å². The van der Waals surface area contributed by atoms with Gasteiger partial charge in [-0.1, -0.05) is 0 Å². The van der Waals surface area contributed by atoms with E-state index in [0.29, 0.717) is 0 Å². The number of hydrogen-bond donors (Lipinski definition) is 3. The van der Waals surface area contributed by atoms with E-state index in [4.69, 9.17) is 10.2 Å². The summed E-state index contributed by atoms with van der Waals surface area (Å²) < 4.78 is 35.7. The second-order valence-corrected chi connectivity index (χ2v) is 6.29. The van der Waals surface area contributed by atoms with Gasteiger partial charge in [-0.05, 0) is 32.0 Å². The van der Waals surface area contributed by atoms with Crippen molar-refractivity contribution in [1.29, 1.82) is 0 Å². The summed E-state index contributed by atoms with van der Waals surface area (Å²) in [5, 5.41) is 16.4. The Bertz CT molecular complexity index is 599. The van der Waals surface area contributed by atoms with Crippen molar-refractivity contribution >= 4 is 21.7 Å². The molecule has 0 saturated carbocycles. The number of carbonyl (C=O) groups is 1. The predicted octanol–water partition coefficient (Wildman–Crippen LogP) is 0.996. The highest BCUT2D eigenvalue weighted by atomic mass is 32.2. The van der Waals surface area contributed by atoms with Crippen LogP contribution in [0.2, 0.25) is 0 Å². The fourth-order valence-electron chi connectivity index (χ4n) is 1.21. The number of primary sulfonamides is 1. The lowest BCUT2D eigenvalue weighted by Crippen LogP contribution is -2.32. The van der Waals surface area contributed by atoms with Crippen molar-refractivity contribution < 1.29 is 22.7 Å². The number of halogens is 1. The molecule has 19 heavy (non-hydrogen) atoms. The van der Waals surface area contributed by atoms with Crippen molar-refractivity contribution in [3.8, 4) is 0 Å². The average Bonchev–Trinajstić information content (AvgIpc) is 2.25. The van der Waals surface area contributed by atoms with Crippen LogP contribution in [0.3, 0.4) is 0 Å². The molecule has 0 atom stereocenters. The lowest BCUT2D eigenvalue weighted by atomic mass is 9.94. The standard InChI is InChI=1S/C11H15FN2O4S/c1-11(2,10(15)16)6-14-9-4-3-7(5-8(9)12)19(13,17)18/h3-5,14H,6H2,1-2H3,(H,15,16)(H2,13,17,18). The Kier molecular flexibility index (Phi) is 4.16. The van der Waals surface area contributed by atoms with E-state index in [2.05, 4.69) is 5.32 Å². The van der Waals surface area contributed by atoms with Crippen LogP contribution in [0.15, 0.2) is 23.1 Å². The molecule has 1 aromatic carbocycles.